The van der Waals surface area contributed by atoms with Crippen molar-refractivity contribution in [2.45, 2.75) is 38.1 Å². The monoisotopic (exact) mass is 240 g/mol. The van der Waals surface area contributed by atoms with Gasteiger partial charge in [0.15, 0.2) is 0 Å². The maximum atomic E-state index is 8.39. The van der Waals surface area contributed by atoms with Crippen LogP contribution in [0, 0.1) is 5.92 Å². The zero-order chi connectivity index (χ0) is 12.1. The molecule has 4 N–H and O–H groups in total. The van der Waals surface area contributed by atoms with Crippen LogP contribution in [0.25, 0.3) is 0 Å². The standard InChI is InChI=1S/C12H24N4O/c13-12(15-17)2-1-6-14-8-10-5-7-16(9-10)11-3-4-11/h10-11,14,17H,1-9H2,(H2,13,15). The summed E-state index contributed by atoms with van der Waals surface area (Å²) in [6.45, 7) is 4.63. The van der Waals surface area contributed by atoms with E-state index < -0.39 is 0 Å². The van der Waals surface area contributed by atoms with Crippen molar-refractivity contribution in [1.82, 2.24) is 10.2 Å². The fourth-order valence-corrected chi connectivity index (χ4v) is 2.55. The largest absolute Gasteiger partial charge is 0.409 e. The van der Waals surface area contributed by atoms with E-state index in [1.54, 1.807) is 0 Å². The predicted molar refractivity (Wildman–Crippen MR) is 68.2 cm³/mol. The fraction of sp³-hybridized carbons (Fsp3) is 0.917. The number of nitrogens with one attached hydrogen (secondary N) is 1. The number of nitrogens with two attached hydrogens (primary N) is 1. The minimum absolute atomic E-state index is 0.326. The molecule has 1 saturated carbocycles. The van der Waals surface area contributed by atoms with Gasteiger partial charge in [0.05, 0.1) is 0 Å². The van der Waals surface area contributed by atoms with Gasteiger partial charge in [0.2, 0.25) is 0 Å². The van der Waals surface area contributed by atoms with Gasteiger partial charge in [0, 0.05) is 19.0 Å². The third-order valence-electron chi connectivity index (χ3n) is 3.73. The molecule has 1 atom stereocenters. The molecule has 5 heteroatoms. The molecule has 0 bridgehead atoms. The molecule has 0 aromatic carbocycles. The third kappa shape index (κ3) is 4.16. The molecule has 98 valence electrons. The van der Waals surface area contributed by atoms with Crippen molar-refractivity contribution < 1.29 is 5.21 Å². The molecule has 5 nitrogen and oxygen atoms in total. The van der Waals surface area contributed by atoms with Crippen LogP contribution in [-0.4, -0.2) is 48.2 Å². The highest BCUT2D eigenvalue weighted by atomic mass is 16.4. The van der Waals surface area contributed by atoms with E-state index >= 15 is 0 Å². The van der Waals surface area contributed by atoms with Gasteiger partial charge >= 0.3 is 0 Å². The minimum Gasteiger partial charge on any atom is -0.409 e. The Kier molecular flexibility index (Phi) is 4.62. The van der Waals surface area contributed by atoms with Crippen molar-refractivity contribution in [3.63, 3.8) is 0 Å². The molecule has 1 aliphatic heterocycles. The Labute approximate surface area is 103 Å². The molecule has 2 aliphatic rings. The highest BCUT2D eigenvalue weighted by Gasteiger charge is 2.33. The molecule has 1 aliphatic carbocycles. The summed E-state index contributed by atoms with van der Waals surface area (Å²) < 4.78 is 0. The second kappa shape index (κ2) is 6.21. The minimum atomic E-state index is 0.326. The van der Waals surface area contributed by atoms with Gasteiger partial charge in [-0.15, -0.1) is 0 Å². The summed E-state index contributed by atoms with van der Waals surface area (Å²) in [7, 11) is 0. The van der Waals surface area contributed by atoms with Crippen LogP contribution in [0.4, 0.5) is 0 Å². The average Bonchev–Trinajstić information content (AvgIpc) is 3.09. The van der Waals surface area contributed by atoms with E-state index in [0.29, 0.717) is 12.3 Å². The Balaban J connectivity index is 1.48. The zero-order valence-corrected chi connectivity index (χ0v) is 10.4. The second-order valence-electron chi connectivity index (χ2n) is 5.28. The predicted octanol–water partition coefficient (Wildman–Crippen LogP) is 0.587. The lowest BCUT2D eigenvalue weighted by Crippen LogP contribution is -2.28. The summed E-state index contributed by atoms with van der Waals surface area (Å²) in [5.74, 6) is 1.15. The first-order valence-electron chi connectivity index (χ1n) is 6.70. The van der Waals surface area contributed by atoms with Gasteiger partial charge in [0.25, 0.3) is 0 Å². The fourth-order valence-electron chi connectivity index (χ4n) is 2.55. The molecule has 2 rings (SSSR count). The second-order valence-corrected chi connectivity index (χ2v) is 5.28. The van der Waals surface area contributed by atoms with Crippen LogP contribution < -0.4 is 11.1 Å². The van der Waals surface area contributed by atoms with Crippen LogP contribution in [0.5, 0.6) is 0 Å². The van der Waals surface area contributed by atoms with Crippen LogP contribution in [-0.2, 0) is 0 Å². The van der Waals surface area contributed by atoms with Crippen molar-refractivity contribution >= 4 is 5.84 Å². The highest BCUT2D eigenvalue weighted by molar-refractivity contribution is 5.79. The summed E-state index contributed by atoms with van der Waals surface area (Å²) >= 11 is 0. The van der Waals surface area contributed by atoms with Crippen LogP contribution >= 0.6 is 0 Å². The van der Waals surface area contributed by atoms with Crippen LogP contribution in [0.15, 0.2) is 5.16 Å². The third-order valence-corrected chi connectivity index (χ3v) is 3.73. The number of amidine groups is 1. The summed E-state index contributed by atoms with van der Waals surface area (Å²) in [6.07, 6.45) is 5.78. The van der Waals surface area contributed by atoms with Gasteiger partial charge < -0.3 is 21.2 Å². The van der Waals surface area contributed by atoms with Gasteiger partial charge in [-0.3, -0.25) is 0 Å². The number of oxime groups is 1. The van der Waals surface area contributed by atoms with E-state index in [1.807, 2.05) is 0 Å². The Morgan fingerprint density at radius 3 is 2.94 bits per heavy atom. The highest BCUT2D eigenvalue weighted by Crippen LogP contribution is 2.31. The number of hydrogen-bond donors (Lipinski definition) is 3. The van der Waals surface area contributed by atoms with E-state index in [2.05, 4.69) is 15.4 Å². The van der Waals surface area contributed by atoms with Crippen LogP contribution in [0.2, 0.25) is 0 Å². The van der Waals surface area contributed by atoms with E-state index in [1.165, 1.54) is 32.4 Å². The lowest BCUT2D eigenvalue weighted by Gasteiger charge is -2.15. The summed E-state index contributed by atoms with van der Waals surface area (Å²) in [5, 5.41) is 14.8. The van der Waals surface area contributed by atoms with Crippen molar-refractivity contribution in [3.8, 4) is 0 Å². The molecule has 0 radical (unpaired) electrons. The van der Waals surface area contributed by atoms with E-state index in [0.717, 1.165) is 31.5 Å². The Morgan fingerprint density at radius 1 is 1.41 bits per heavy atom. The van der Waals surface area contributed by atoms with E-state index in [9.17, 15) is 0 Å². The number of nitrogens with zero attached hydrogens (tertiary/aromatic N) is 2. The Bertz CT molecular complexity index is 265. The molecule has 0 aromatic rings. The van der Waals surface area contributed by atoms with Gasteiger partial charge in [-0.1, -0.05) is 5.16 Å². The van der Waals surface area contributed by atoms with Gasteiger partial charge in [-0.05, 0) is 51.2 Å². The van der Waals surface area contributed by atoms with Crippen LogP contribution in [0.1, 0.15) is 32.1 Å². The first kappa shape index (κ1) is 12.6. The van der Waals surface area contributed by atoms with Crippen LogP contribution in [0.3, 0.4) is 0 Å². The topological polar surface area (TPSA) is 73.9 Å². The molecule has 1 heterocycles. The lowest BCUT2D eigenvalue weighted by molar-refractivity contribution is 0.311. The van der Waals surface area contributed by atoms with E-state index in [-0.39, 0.29) is 0 Å². The molecule has 1 saturated heterocycles. The SMILES string of the molecule is NC(CCCNCC1CCN(C2CC2)C1)=NO. The molecule has 17 heavy (non-hydrogen) atoms. The molecule has 0 spiro atoms. The summed E-state index contributed by atoms with van der Waals surface area (Å²) in [4.78, 5) is 2.64. The zero-order valence-electron chi connectivity index (χ0n) is 10.4. The number of likely N-dealkylation sites (tertiary alicyclic amines) is 1. The van der Waals surface area contributed by atoms with E-state index in [4.69, 9.17) is 10.9 Å². The van der Waals surface area contributed by atoms with Crippen molar-refractivity contribution in [3.05, 3.63) is 0 Å². The normalized spacial score (nSPS) is 26.6. The molecular formula is C12H24N4O. The molecular weight excluding hydrogens is 216 g/mol. The molecule has 0 amide bonds. The van der Waals surface area contributed by atoms with Gasteiger partial charge in [-0.25, -0.2) is 0 Å². The first-order chi connectivity index (χ1) is 8.29. The van der Waals surface area contributed by atoms with Crippen molar-refractivity contribution in [1.29, 1.82) is 0 Å². The smallest absolute Gasteiger partial charge is 0.139 e. The molecule has 0 aromatic heterocycles. The van der Waals surface area contributed by atoms with Crippen molar-refractivity contribution in [2.24, 2.45) is 16.8 Å². The maximum absolute atomic E-state index is 8.39. The number of rotatable bonds is 7. The Hall–Kier alpha value is -0.810. The lowest BCUT2D eigenvalue weighted by atomic mass is 10.1. The van der Waals surface area contributed by atoms with Gasteiger partial charge in [0.1, 0.15) is 5.84 Å². The average molecular weight is 240 g/mol. The quantitative estimate of drug-likeness (QED) is 0.200. The Morgan fingerprint density at radius 2 is 2.24 bits per heavy atom. The number of hydrogen-bond acceptors (Lipinski definition) is 4. The maximum Gasteiger partial charge on any atom is 0.139 e. The van der Waals surface area contributed by atoms with Crippen molar-refractivity contribution in [2.75, 3.05) is 26.2 Å². The van der Waals surface area contributed by atoms with Gasteiger partial charge in [-0.2, -0.15) is 0 Å². The summed E-state index contributed by atoms with van der Waals surface area (Å²) in [5.41, 5.74) is 5.40. The molecule has 2 fully saturated rings. The summed E-state index contributed by atoms with van der Waals surface area (Å²) in [6, 6.07) is 0.917. The molecule has 1 unspecified atom stereocenters. The first-order valence-corrected chi connectivity index (χ1v) is 6.70.